The zero-order chi connectivity index (χ0) is 12.1. The Morgan fingerprint density at radius 2 is 1.81 bits per heavy atom. The summed E-state index contributed by atoms with van der Waals surface area (Å²) in [4.78, 5) is 34.1. The fraction of sp³-hybridized carbons (Fsp3) is 0.727. The average Bonchev–Trinajstić information content (AvgIpc) is 3.01. The third-order valence-corrected chi connectivity index (χ3v) is 2.38. The Kier molecular flexibility index (Phi) is 4.46. The van der Waals surface area contributed by atoms with E-state index in [2.05, 4.69) is 4.74 Å². The molecule has 1 aliphatic rings. The second-order valence-electron chi connectivity index (χ2n) is 3.73. The first-order valence-electron chi connectivity index (χ1n) is 5.52. The summed E-state index contributed by atoms with van der Waals surface area (Å²) in [5.74, 6) is -3.07. The maximum Gasteiger partial charge on any atom is 0.327 e. The molecule has 1 unspecified atom stereocenters. The largest absolute Gasteiger partial charge is 0.465 e. The zero-order valence-electron chi connectivity index (χ0n) is 9.52. The van der Waals surface area contributed by atoms with Crippen LogP contribution < -0.4 is 0 Å². The standard InChI is InChI=1S/C11H16O5/c1-3-8(10(13)15-4-2)11(14)16-9(12)7-5-6-7/h7-8H,3-6H2,1-2H3. The molecule has 0 aromatic carbocycles. The third kappa shape index (κ3) is 3.32. The molecule has 5 heteroatoms. The summed E-state index contributed by atoms with van der Waals surface area (Å²) in [6.07, 6.45) is 1.81. The second kappa shape index (κ2) is 5.63. The van der Waals surface area contributed by atoms with Gasteiger partial charge in [-0.15, -0.1) is 0 Å². The molecule has 1 fully saturated rings. The molecule has 90 valence electrons. The quantitative estimate of drug-likeness (QED) is 0.519. The van der Waals surface area contributed by atoms with Crippen molar-refractivity contribution < 1.29 is 23.9 Å². The van der Waals surface area contributed by atoms with Crippen LogP contribution in [0.5, 0.6) is 0 Å². The Bertz CT molecular complexity index is 293. The maximum atomic E-state index is 11.5. The fourth-order valence-electron chi connectivity index (χ4n) is 1.25. The van der Waals surface area contributed by atoms with E-state index in [1.165, 1.54) is 0 Å². The van der Waals surface area contributed by atoms with Crippen molar-refractivity contribution in [2.24, 2.45) is 11.8 Å². The highest BCUT2D eigenvalue weighted by atomic mass is 16.6. The molecule has 0 N–H and O–H groups in total. The van der Waals surface area contributed by atoms with E-state index in [1.54, 1.807) is 13.8 Å². The predicted octanol–water partition coefficient (Wildman–Crippen LogP) is 1.06. The van der Waals surface area contributed by atoms with Gasteiger partial charge in [-0.3, -0.25) is 14.4 Å². The Labute approximate surface area is 94.1 Å². The fourth-order valence-corrected chi connectivity index (χ4v) is 1.25. The Morgan fingerprint density at radius 3 is 2.25 bits per heavy atom. The molecule has 0 aromatic heterocycles. The van der Waals surface area contributed by atoms with E-state index in [0.717, 1.165) is 12.8 Å². The van der Waals surface area contributed by atoms with Crippen LogP contribution in [-0.2, 0) is 23.9 Å². The lowest BCUT2D eigenvalue weighted by Crippen LogP contribution is -2.29. The average molecular weight is 228 g/mol. The van der Waals surface area contributed by atoms with Crippen LogP contribution in [0.25, 0.3) is 0 Å². The zero-order valence-corrected chi connectivity index (χ0v) is 9.52. The van der Waals surface area contributed by atoms with Crippen LogP contribution in [-0.4, -0.2) is 24.5 Å². The van der Waals surface area contributed by atoms with Gasteiger partial charge in [-0.1, -0.05) is 6.92 Å². The van der Waals surface area contributed by atoms with Crippen molar-refractivity contribution in [2.45, 2.75) is 33.1 Å². The van der Waals surface area contributed by atoms with E-state index in [1.807, 2.05) is 0 Å². The number of carbonyl (C=O) groups is 3. The van der Waals surface area contributed by atoms with Gasteiger partial charge in [0.05, 0.1) is 12.5 Å². The van der Waals surface area contributed by atoms with Crippen LogP contribution in [0.3, 0.4) is 0 Å². The number of esters is 3. The Balaban J connectivity index is 2.47. The minimum Gasteiger partial charge on any atom is -0.465 e. The van der Waals surface area contributed by atoms with Gasteiger partial charge >= 0.3 is 17.9 Å². The molecule has 0 bridgehead atoms. The molecule has 1 aliphatic carbocycles. The van der Waals surface area contributed by atoms with Crippen LogP contribution in [0.4, 0.5) is 0 Å². The lowest BCUT2D eigenvalue weighted by molar-refractivity contribution is -0.168. The summed E-state index contributed by atoms with van der Waals surface area (Å²) < 4.78 is 9.34. The number of carbonyl (C=O) groups excluding carboxylic acids is 3. The molecular formula is C11H16O5. The summed E-state index contributed by atoms with van der Waals surface area (Å²) in [7, 11) is 0. The van der Waals surface area contributed by atoms with Crippen LogP contribution in [0, 0.1) is 11.8 Å². The molecule has 16 heavy (non-hydrogen) atoms. The molecule has 1 atom stereocenters. The van der Waals surface area contributed by atoms with Gasteiger partial charge in [0, 0.05) is 0 Å². The van der Waals surface area contributed by atoms with Crippen molar-refractivity contribution in [2.75, 3.05) is 6.61 Å². The summed E-state index contributed by atoms with van der Waals surface area (Å²) in [6, 6.07) is 0. The number of hydrogen-bond donors (Lipinski definition) is 0. The Hall–Kier alpha value is -1.39. The second-order valence-corrected chi connectivity index (χ2v) is 3.73. The number of hydrogen-bond acceptors (Lipinski definition) is 5. The first-order valence-corrected chi connectivity index (χ1v) is 5.52. The smallest absolute Gasteiger partial charge is 0.327 e. The van der Waals surface area contributed by atoms with Crippen molar-refractivity contribution >= 4 is 17.9 Å². The van der Waals surface area contributed by atoms with Gasteiger partial charge in [0.25, 0.3) is 0 Å². The third-order valence-electron chi connectivity index (χ3n) is 2.38. The van der Waals surface area contributed by atoms with Crippen LogP contribution in [0.1, 0.15) is 33.1 Å². The van der Waals surface area contributed by atoms with E-state index in [-0.39, 0.29) is 18.9 Å². The summed E-state index contributed by atoms with van der Waals surface area (Å²) in [6.45, 7) is 3.54. The molecule has 0 aromatic rings. The van der Waals surface area contributed by atoms with Gasteiger partial charge < -0.3 is 9.47 Å². The van der Waals surface area contributed by atoms with Gasteiger partial charge in [0.1, 0.15) is 0 Å². The van der Waals surface area contributed by atoms with E-state index in [9.17, 15) is 14.4 Å². The molecule has 0 saturated heterocycles. The molecule has 0 radical (unpaired) electrons. The number of rotatable bonds is 5. The van der Waals surface area contributed by atoms with Gasteiger partial charge in [0.2, 0.25) is 0 Å². The molecule has 0 heterocycles. The molecule has 0 amide bonds. The van der Waals surface area contributed by atoms with E-state index in [0.29, 0.717) is 0 Å². The van der Waals surface area contributed by atoms with Crippen molar-refractivity contribution in [3.8, 4) is 0 Å². The highest BCUT2D eigenvalue weighted by Crippen LogP contribution is 2.30. The minimum atomic E-state index is -0.984. The molecular weight excluding hydrogens is 212 g/mol. The van der Waals surface area contributed by atoms with Crippen molar-refractivity contribution in [1.29, 1.82) is 0 Å². The minimum absolute atomic E-state index is 0.149. The molecule has 0 spiro atoms. The van der Waals surface area contributed by atoms with Crippen molar-refractivity contribution in [3.63, 3.8) is 0 Å². The van der Waals surface area contributed by atoms with Crippen molar-refractivity contribution in [3.05, 3.63) is 0 Å². The molecule has 0 aliphatic heterocycles. The van der Waals surface area contributed by atoms with Gasteiger partial charge in [-0.2, -0.15) is 0 Å². The summed E-state index contributed by atoms with van der Waals surface area (Å²) in [5.41, 5.74) is 0. The summed E-state index contributed by atoms with van der Waals surface area (Å²) in [5, 5.41) is 0. The lowest BCUT2D eigenvalue weighted by Gasteiger charge is -2.11. The van der Waals surface area contributed by atoms with Crippen LogP contribution >= 0.6 is 0 Å². The first-order chi connectivity index (χ1) is 7.60. The first kappa shape index (κ1) is 12.7. The summed E-state index contributed by atoms with van der Waals surface area (Å²) >= 11 is 0. The highest BCUT2D eigenvalue weighted by Gasteiger charge is 2.36. The monoisotopic (exact) mass is 228 g/mol. The SMILES string of the molecule is CCOC(=O)C(CC)C(=O)OC(=O)C1CC1. The lowest BCUT2D eigenvalue weighted by atomic mass is 10.1. The molecule has 1 rings (SSSR count). The van der Waals surface area contributed by atoms with Crippen LogP contribution in [0.15, 0.2) is 0 Å². The van der Waals surface area contributed by atoms with E-state index >= 15 is 0 Å². The van der Waals surface area contributed by atoms with Gasteiger partial charge in [-0.25, -0.2) is 0 Å². The highest BCUT2D eigenvalue weighted by molar-refractivity contribution is 5.99. The molecule has 5 nitrogen and oxygen atoms in total. The van der Waals surface area contributed by atoms with Crippen LogP contribution in [0.2, 0.25) is 0 Å². The molecule has 1 saturated carbocycles. The van der Waals surface area contributed by atoms with E-state index in [4.69, 9.17) is 4.74 Å². The van der Waals surface area contributed by atoms with E-state index < -0.39 is 23.8 Å². The normalized spacial score (nSPS) is 16.4. The Morgan fingerprint density at radius 1 is 1.19 bits per heavy atom. The van der Waals surface area contributed by atoms with Crippen molar-refractivity contribution in [1.82, 2.24) is 0 Å². The van der Waals surface area contributed by atoms with Gasteiger partial charge in [-0.05, 0) is 26.2 Å². The maximum absolute atomic E-state index is 11.5. The van der Waals surface area contributed by atoms with Gasteiger partial charge in [0.15, 0.2) is 5.92 Å². The topological polar surface area (TPSA) is 69.7 Å². The number of ether oxygens (including phenoxy) is 2. The predicted molar refractivity (Wildman–Crippen MR) is 54.2 cm³/mol.